The summed E-state index contributed by atoms with van der Waals surface area (Å²) in [4.78, 5) is 24.2. The molecular formula is C24H21FN4O3. The van der Waals surface area contributed by atoms with Crippen LogP contribution >= 0.6 is 0 Å². The number of rotatable bonds is 6. The molecule has 0 radical (unpaired) electrons. The van der Waals surface area contributed by atoms with E-state index in [1.54, 1.807) is 25.1 Å². The molecule has 1 heterocycles. The lowest BCUT2D eigenvalue weighted by Crippen LogP contribution is -2.19. The van der Waals surface area contributed by atoms with Gasteiger partial charge in [-0.3, -0.25) is 4.79 Å². The number of hydrogen-bond acceptors (Lipinski definition) is 5. The van der Waals surface area contributed by atoms with Gasteiger partial charge in [0, 0.05) is 22.6 Å². The third-order valence-corrected chi connectivity index (χ3v) is 4.80. The first-order chi connectivity index (χ1) is 15.3. The molecule has 0 bridgehead atoms. The van der Waals surface area contributed by atoms with Crippen LogP contribution in [0.25, 0.3) is 5.69 Å². The van der Waals surface area contributed by atoms with Crippen LogP contribution in [0.15, 0.2) is 53.6 Å². The maximum absolute atomic E-state index is 14.0. The van der Waals surface area contributed by atoms with Crippen molar-refractivity contribution in [3.8, 4) is 11.8 Å². The van der Waals surface area contributed by atoms with Crippen molar-refractivity contribution in [2.45, 2.75) is 20.8 Å². The van der Waals surface area contributed by atoms with E-state index in [4.69, 9.17) is 10.00 Å². The summed E-state index contributed by atoms with van der Waals surface area (Å²) in [7, 11) is 0. The van der Waals surface area contributed by atoms with Gasteiger partial charge in [-0.15, -0.1) is 0 Å². The molecule has 0 spiro atoms. The van der Waals surface area contributed by atoms with Gasteiger partial charge in [-0.25, -0.2) is 14.6 Å². The highest BCUT2D eigenvalue weighted by molar-refractivity contribution is 5.95. The van der Waals surface area contributed by atoms with Crippen molar-refractivity contribution in [1.82, 2.24) is 9.99 Å². The number of benzene rings is 2. The summed E-state index contributed by atoms with van der Waals surface area (Å²) in [6, 6.07) is 14.4. The predicted molar refractivity (Wildman–Crippen MR) is 117 cm³/mol. The summed E-state index contributed by atoms with van der Waals surface area (Å²) >= 11 is 0. The zero-order valence-electron chi connectivity index (χ0n) is 17.8. The van der Waals surface area contributed by atoms with Crippen LogP contribution < -0.4 is 5.43 Å². The summed E-state index contributed by atoms with van der Waals surface area (Å²) in [5.74, 6) is -1.91. The average molecular weight is 432 g/mol. The van der Waals surface area contributed by atoms with Crippen LogP contribution in [-0.4, -0.2) is 29.3 Å². The number of halogens is 1. The van der Waals surface area contributed by atoms with E-state index in [1.165, 1.54) is 18.3 Å². The summed E-state index contributed by atoms with van der Waals surface area (Å²) < 4.78 is 21.0. The quantitative estimate of drug-likeness (QED) is 0.361. The second-order valence-electron chi connectivity index (χ2n) is 6.94. The van der Waals surface area contributed by atoms with Crippen LogP contribution in [0.3, 0.4) is 0 Å². The molecule has 32 heavy (non-hydrogen) atoms. The normalized spacial score (nSPS) is 10.7. The number of nitriles is 1. The highest BCUT2D eigenvalue weighted by Gasteiger charge is 2.14. The first-order valence-electron chi connectivity index (χ1n) is 9.85. The van der Waals surface area contributed by atoms with Crippen LogP contribution in [0.2, 0.25) is 0 Å². The van der Waals surface area contributed by atoms with Crippen LogP contribution in [0.4, 0.5) is 4.39 Å². The molecule has 0 saturated heterocycles. The number of esters is 1. The molecule has 1 N–H and O–H groups in total. The van der Waals surface area contributed by atoms with Crippen molar-refractivity contribution < 1.29 is 18.7 Å². The third-order valence-electron chi connectivity index (χ3n) is 4.80. The second-order valence-corrected chi connectivity index (χ2v) is 6.94. The Morgan fingerprint density at radius 1 is 1.22 bits per heavy atom. The van der Waals surface area contributed by atoms with E-state index in [0.29, 0.717) is 12.2 Å². The molecule has 0 aliphatic carbocycles. The SMILES string of the molecule is CCOC(=O)c1cccc(-n2c(C)cc(/C=N\NC(=O)c3ccc(C#N)cc3F)c2C)c1. The molecule has 0 unspecified atom stereocenters. The number of nitrogens with one attached hydrogen (secondary N) is 1. The van der Waals surface area contributed by atoms with Crippen molar-refractivity contribution in [3.63, 3.8) is 0 Å². The lowest BCUT2D eigenvalue weighted by atomic mass is 10.1. The third kappa shape index (κ3) is 4.73. The fraction of sp³-hybridized carbons (Fsp3) is 0.167. The average Bonchev–Trinajstić information content (AvgIpc) is 3.06. The van der Waals surface area contributed by atoms with Gasteiger partial charge in [-0.2, -0.15) is 10.4 Å². The Hall–Kier alpha value is -4.25. The Morgan fingerprint density at radius 3 is 2.69 bits per heavy atom. The Bertz CT molecular complexity index is 1250. The minimum Gasteiger partial charge on any atom is -0.462 e. The number of hydrogen-bond donors (Lipinski definition) is 1. The first kappa shape index (κ1) is 22.4. The largest absolute Gasteiger partial charge is 0.462 e. The van der Waals surface area contributed by atoms with Gasteiger partial charge < -0.3 is 9.30 Å². The monoisotopic (exact) mass is 432 g/mol. The Morgan fingerprint density at radius 2 is 2.00 bits per heavy atom. The van der Waals surface area contributed by atoms with Gasteiger partial charge in [0.25, 0.3) is 5.91 Å². The number of amides is 1. The molecule has 0 atom stereocenters. The number of carbonyl (C=O) groups excluding carboxylic acids is 2. The van der Waals surface area contributed by atoms with Crippen LogP contribution in [0.1, 0.15) is 50.2 Å². The minimum absolute atomic E-state index is 0.127. The van der Waals surface area contributed by atoms with E-state index in [9.17, 15) is 14.0 Å². The fourth-order valence-corrected chi connectivity index (χ4v) is 3.29. The van der Waals surface area contributed by atoms with E-state index >= 15 is 0 Å². The molecule has 3 aromatic rings. The van der Waals surface area contributed by atoms with Crippen LogP contribution in [0.5, 0.6) is 0 Å². The number of nitrogens with zero attached hydrogens (tertiary/aromatic N) is 3. The van der Waals surface area contributed by atoms with E-state index < -0.39 is 17.7 Å². The molecule has 1 amide bonds. The Kier molecular flexibility index (Phi) is 6.80. The van der Waals surface area contributed by atoms with Gasteiger partial charge in [0.1, 0.15) is 5.82 Å². The molecule has 162 valence electrons. The molecule has 2 aromatic carbocycles. The van der Waals surface area contributed by atoms with Crippen molar-refractivity contribution >= 4 is 18.1 Å². The number of hydrazone groups is 1. The number of aryl methyl sites for hydroxylation is 1. The van der Waals surface area contributed by atoms with E-state index in [0.717, 1.165) is 28.7 Å². The molecular weight excluding hydrogens is 411 g/mol. The van der Waals surface area contributed by atoms with E-state index in [1.807, 2.05) is 36.6 Å². The molecule has 0 aliphatic rings. The molecule has 8 heteroatoms. The molecule has 0 saturated carbocycles. The lowest BCUT2D eigenvalue weighted by molar-refractivity contribution is 0.0526. The standard InChI is InChI=1S/C24H21FN4O3/c1-4-32-24(31)18-6-5-7-20(12-18)29-15(2)10-19(16(29)3)14-27-28-23(30)21-9-8-17(13-26)11-22(21)25/h5-12,14H,4H2,1-3H3,(H,28,30)/b27-14-. The summed E-state index contributed by atoms with van der Waals surface area (Å²) in [6.45, 7) is 5.84. The van der Waals surface area contributed by atoms with Crippen LogP contribution in [0, 0.1) is 31.0 Å². The first-order valence-corrected chi connectivity index (χ1v) is 9.85. The zero-order valence-corrected chi connectivity index (χ0v) is 17.8. The zero-order chi connectivity index (χ0) is 23.3. The minimum atomic E-state index is -0.795. The fourth-order valence-electron chi connectivity index (χ4n) is 3.29. The number of aromatic nitrogens is 1. The summed E-state index contributed by atoms with van der Waals surface area (Å²) in [6.07, 6.45) is 1.47. The molecule has 7 nitrogen and oxygen atoms in total. The van der Waals surface area contributed by atoms with Gasteiger partial charge in [0.2, 0.25) is 0 Å². The van der Waals surface area contributed by atoms with Crippen LogP contribution in [-0.2, 0) is 4.74 Å². The van der Waals surface area contributed by atoms with E-state index in [2.05, 4.69) is 10.5 Å². The maximum atomic E-state index is 14.0. The van der Waals surface area contributed by atoms with Crippen molar-refractivity contribution in [2.24, 2.45) is 5.10 Å². The van der Waals surface area contributed by atoms with Gasteiger partial charge in [0.15, 0.2) is 0 Å². The molecule has 1 aromatic heterocycles. The topological polar surface area (TPSA) is 96.5 Å². The van der Waals surface area contributed by atoms with Gasteiger partial charge in [-0.05, 0) is 63.2 Å². The van der Waals surface area contributed by atoms with Crippen molar-refractivity contribution in [3.05, 3.63) is 88.0 Å². The smallest absolute Gasteiger partial charge is 0.338 e. The summed E-state index contributed by atoms with van der Waals surface area (Å²) in [5, 5.41) is 12.7. The lowest BCUT2D eigenvalue weighted by Gasteiger charge is -2.11. The molecule has 0 aliphatic heterocycles. The Labute approximate surface area is 184 Å². The maximum Gasteiger partial charge on any atom is 0.338 e. The van der Waals surface area contributed by atoms with Gasteiger partial charge >= 0.3 is 5.97 Å². The summed E-state index contributed by atoms with van der Waals surface area (Å²) in [5.41, 5.74) is 5.93. The van der Waals surface area contributed by atoms with Crippen molar-refractivity contribution in [1.29, 1.82) is 5.26 Å². The second kappa shape index (κ2) is 9.71. The van der Waals surface area contributed by atoms with E-state index in [-0.39, 0.29) is 11.1 Å². The van der Waals surface area contributed by atoms with Gasteiger partial charge in [-0.1, -0.05) is 6.07 Å². The highest BCUT2D eigenvalue weighted by Crippen LogP contribution is 2.21. The molecule has 3 rings (SSSR count). The number of carbonyl (C=O) groups is 2. The van der Waals surface area contributed by atoms with Gasteiger partial charge in [0.05, 0.1) is 35.6 Å². The predicted octanol–water partition coefficient (Wildman–Crippen LogP) is 4.05. The highest BCUT2D eigenvalue weighted by atomic mass is 19.1. The van der Waals surface area contributed by atoms with Crippen molar-refractivity contribution in [2.75, 3.05) is 6.61 Å². The molecule has 0 fully saturated rings. The Balaban J connectivity index is 1.80. The number of ether oxygens (including phenoxy) is 1.